The van der Waals surface area contributed by atoms with E-state index in [9.17, 15) is 4.79 Å². The van der Waals surface area contributed by atoms with E-state index in [1.807, 2.05) is 6.07 Å². The van der Waals surface area contributed by atoms with E-state index in [1.165, 1.54) is 0 Å². The third kappa shape index (κ3) is 1.97. The van der Waals surface area contributed by atoms with Crippen LogP contribution >= 0.6 is 12.6 Å². The highest BCUT2D eigenvalue weighted by Crippen LogP contribution is 2.24. The molecule has 0 aliphatic carbocycles. The number of thiol groups is 1. The molecule has 4 heteroatoms. The summed E-state index contributed by atoms with van der Waals surface area (Å²) in [6.45, 7) is 0. The smallest absolute Gasteiger partial charge is 0.335 e. The highest BCUT2D eigenvalue weighted by Gasteiger charge is 2.10. The van der Waals surface area contributed by atoms with Crippen LogP contribution in [0.4, 0.5) is 0 Å². The Morgan fingerprint density at radius 1 is 1.38 bits per heavy atom. The lowest BCUT2D eigenvalue weighted by molar-refractivity contribution is 0.0696. The van der Waals surface area contributed by atoms with E-state index in [4.69, 9.17) is 9.52 Å². The van der Waals surface area contributed by atoms with Crippen molar-refractivity contribution in [2.75, 3.05) is 0 Å². The lowest BCUT2D eigenvalue weighted by atomic mass is 10.0. The molecule has 0 fully saturated rings. The summed E-state index contributed by atoms with van der Waals surface area (Å²) in [5, 5.41) is 8.96. The summed E-state index contributed by atoms with van der Waals surface area (Å²) < 4.78 is 5.25. The van der Waals surface area contributed by atoms with Gasteiger partial charge in [-0.15, -0.1) is 0 Å². The molecule has 0 spiro atoms. The van der Waals surface area contributed by atoms with Gasteiger partial charge in [0.15, 0.2) is 0 Å². The summed E-state index contributed by atoms with van der Waals surface area (Å²) in [6, 6.07) is 8.72. The lowest BCUT2D eigenvalue weighted by Gasteiger charge is -2.05. The molecule has 0 saturated heterocycles. The van der Waals surface area contributed by atoms with Crippen LogP contribution in [-0.2, 0) is 5.75 Å². The minimum atomic E-state index is -0.935. The van der Waals surface area contributed by atoms with Crippen LogP contribution in [0.5, 0.6) is 0 Å². The van der Waals surface area contributed by atoms with Gasteiger partial charge in [-0.1, -0.05) is 6.07 Å². The lowest BCUT2D eigenvalue weighted by Crippen LogP contribution is -2.01. The Bertz CT molecular complexity index is 503. The molecule has 0 atom stereocenters. The van der Waals surface area contributed by atoms with Crippen molar-refractivity contribution in [3.63, 3.8) is 0 Å². The second kappa shape index (κ2) is 4.45. The highest BCUT2D eigenvalue weighted by molar-refractivity contribution is 7.79. The number of furan rings is 1. The van der Waals surface area contributed by atoms with E-state index < -0.39 is 5.97 Å². The molecule has 1 N–H and O–H groups in total. The van der Waals surface area contributed by atoms with E-state index in [1.54, 1.807) is 30.5 Å². The molecule has 3 nitrogen and oxygen atoms in total. The standard InChI is InChI=1S/C12H10O3S/c13-12(14)10-4-3-8(6-9(10)7-16)11-2-1-5-15-11/h1-6,16H,7H2,(H,13,14). The van der Waals surface area contributed by atoms with Crippen molar-refractivity contribution in [2.45, 2.75) is 5.75 Å². The molecule has 1 aromatic carbocycles. The van der Waals surface area contributed by atoms with Gasteiger partial charge in [0.2, 0.25) is 0 Å². The number of aromatic carboxylic acids is 1. The maximum Gasteiger partial charge on any atom is 0.335 e. The molecule has 0 amide bonds. The fourth-order valence-electron chi connectivity index (χ4n) is 1.53. The Morgan fingerprint density at radius 3 is 2.75 bits per heavy atom. The largest absolute Gasteiger partial charge is 0.478 e. The monoisotopic (exact) mass is 234 g/mol. The first-order valence-corrected chi connectivity index (χ1v) is 5.36. The number of benzene rings is 1. The Morgan fingerprint density at radius 2 is 2.19 bits per heavy atom. The summed E-state index contributed by atoms with van der Waals surface area (Å²) in [6.07, 6.45) is 1.58. The van der Waals surface area contributed by atoms with Gasteiger partial charge in [0.05, 0.1) is 11.8 Å². The van der Waals surface area contributed by atoms with Crippen LogP contribution in [0.3, 0.4) is 0 Å². The van der Waals surface area contributed by atoms with E-state index in [0.717, 1.165) is 11.3 Å². The molecule has 1 heterocycles. The van der Waals surface area contributed by atoms with Crippen molar-refractivity contribution >= 4 is 18.6 Å². The zero-order chi connectivity index (χ0) is 11.5. The molecule has 0 saturated carbocycles. The number of rotatable bonds is 3. The normalized spacial score (nSPS) is 10.3. The van der Waals surface area contributed by atoms with Gasteiger partial charge >= 0.3 is 5.97 Å². The van der Waals surface area contributed by atoms with Crippen LogP contribution in [0.1, 0.15) is 15.9 Å². The average molecular weight is 234 g/mol. The third-order valence-electron chi connectivity index (χ3n) is 2.31. The number of carboxylic acid groups (broad SMARTS) is 1. The first-order valence-electron chi connectivity index (χ1n) is 4.73. The SMILES string of the molecule is O=C(O)c1ccc(-c2ccco2)cc1CS. The van der Waals surface area contributed by atoms with E-state index in [0.29, 0.717) is 11.3 Å². The molecule has 2 aromatic rings. The van der Waals surface area contributed by atoms with Crippen molar-refractivity contribution < 1.29 is 14.3 Å². The molecule has 0 aliphatic heterocycles. The zero-order valence-corrected chi connectivity index (χ0v) is 9.28. The molecule has 82 valence electrons. The van der Waals surface area contributed by atoms with Gasteiger partial charge in [-0.05, 0) is 29.8 Å². The molecule has 0 unspecified atom stereocenters. The minimum absolute atomic E-state index is 0.283. The first kappa shape index (κ1) is 10.8. The summed E-state index contributed by atoms with van der Waals surface area (Å²) in [5.74, 6) is 0.172. The Balaban J connectivity index is 2.49. The number of hydrogen-bond donors (Lipinski definition) is 2. The summed E-state index contributed by atoms with van der Waals surface area (Å²) in [4.78, 5) is 10.9. The Kier molecular flexibility index (Phi) is 3.01. The molecule has 16 heavy (non-hydrogen) atoms. The van der Waals surface area contributed by atoms with Crippen molar-refractivity contribution in [1.82, 2.24) is 0 Å². The van der Waals surface area contributed by atoms with Crippen LogP contribution in [-0.4, -0.2) is 11.1 Å². The van der Waals surface area contributed by atoms with Crippen LogP contribution < -0.4 is 0 Å². The molecule has 0 bridgehead atoms. The average Bonchev–Trinajstić information content (AvgIpc) is 2.81. The van der Waals surface area contributed by atoms with Gasteiger partial charge < -0.3 is 9.52 Å². The number of hydrogen-bond acceptors (Lipinski definition) is 3. The van der Waals surface area contributed by atoms with E-state index in [-0.39, 0.29) is 5.56 Å². The van der Waals surface area contributed by atoms with E-state index >= 15 is 0 Å². The van der Waals surface area contributed by atoms with Gasteiger partial charge in [-0.25, -0.2) is 4.79 Å². The van der Waals surface area contributed by atoms with Crippen LogP contribution in [0.25, 0.3) is 11.3 Å². The summed E-state index contributed by atoms with van der Waals surface area (Å²) >= 11 is 4.13. The highest BCUT2D eigenvalue weighted by atomic mass is 32.1. The maximum absolute atomic E-state index is 10.9. The minimum Gasteiger partial charge on any atom is -0.478 e. The van der Waals surface area contributed by atoms with Gasteiger partial charge in [-0.3, -0.25) is 0 Å². The van der Waals surface area contributed by atoms with Crippen molar-refractivity contribution in [1.29, 1.82) is 0 Å². The van der Waals surface area contributed by atoms with Crippen LogP contribution in [0.2, 0.25) is 0 Å². The van der Waals surface area contributed by atoms with Crippen molar-refractivity contribution in [2.24, 2.45) is 0 Å². The van der Waals surface area contributed by atoms with Crippen LogP contribution in [0.15, 0.2) is 41.0 Å². The Labute approximate surface area is 98.1 Å². The number of carboxylic acids is 1. The predicted octanol–water partition coefficient (Wildman–Crippen LogP) is 3.07. The van der Waals surface area contributed by atoms with Gasteiger partial charge in [0.1, 0.15) is 5.76 Å². The quantitative estimate of drug-likeness (QED) is 0.802. The first-order chi connectivity index (χ1) is 7.72. The second-order valence-corrected chi connectivity index (χ2v) is 3.63. The summed E-state index contributed by atoms with van der Waals surface area (Å²) in [5.41, 5.74) is 1.83. The van der Waals surface area contributed by atoms with Crippen molar-refractivity contribution in [3.05, 3.63) is 47.7 Å². The second-order valence-electron chi connectivity index (χ2n) is 3.31. The Hall–Kier alpha value is -1.68. The van der Waals surface area contributed by atoms with Crippen molar-refractivity contribution in [3.8, 4) is 11.3 Å². The predicted molar refractivity (Wildman–Crippen MR) is 63.8 cm³/mol. The fourth-order valence-corrected chi connectivity index (χ4v) is 1.79. The van der Waals surface area contributed by atoms with Gasteiger partial charge in [0, 0.05) is 11.3 Å². The zero-order valence-electron chi connectivity index (χ0n) is 8.38. The molecular formula is C12H10O3S. The molecule has 2 rings (SSSR count). The maximum atomic E-state index is 10.9. The van der Waals surface area contributed by atoms with Crippen LogP contribution in [0, 0.1) is 0 Å². The van der Waals surface area contributed by atoms with Gasteiger partial charge in [0.25, 0.3) is 0 Å². The summed E-state index contributed by atoms with van der Waals surface area (Å²) in [7, 11) is 0. The van der Waals surface area contributed by atoms with E-state index in [2.05, 4.69) is 12.6 Å². The topological polar surface area (TPSA) is 50.4 Å². The fraction of sp³-hybridized carbons (Fsp3) is 0.0833. The molecule has 0 aliphatic rings. The number of carbonyl (C=O) groups is 1. The third-order valence-corrected chi connectivity index (χ3v) is 2.65. The molecular weight excluding hydrogens is 224 g/mol. The molecule has 1 aromatic heterocycles. The molecule has 0 radical (unpaired) electrons. The van der Waals surface area contributed by atoms with Gasteiger partial charge in [-0.2, -0.15) is 12.6 Å².